The van der Waals surface area contributed by atoms with Gasteiger partial charge < -0.3 is 15.0 Å². The van der Waals surface area contributed by atoms with Gasteiger partial charge in [-0.1, -0.05) is 35.9 Å². The van der Waals surface area contributed by atoms with E-state index in [1.54, 1.807) is 12.1 Å². The van der Waals surface area contributed by atoms with Crippen LogP contribution in [0.15, 0.2) is 48.5 Å². The maximum atomic E-state index is 12.2. The number of carbonyl (C=O) groups is 1. The lowest BCUT2D eigenvalue weighted by Gasteiger charge is -2.30. The van der Waals surface area contributed by atoms with E-state index in [0.29, 0.717) is 11.4 Å². The molecule has 1 heterocycles. The van der Waals surface area contributed by atoms with Gasteiger partial charge in [-0.15, -0.1) is 0 Å². The van der Waals surface area contributed by atoms with Gasteiger partial charge in [-0.05, 0) is 42.4 Å². The van der Waals surface area contributed by atoms with E-state index >= 15 is 0 Å². The maximum absolute atomic E-state index is 12.2. The number of hydrogen-bond donors (Lipinski definition) is 1. The molecular weight excluding hydrogens is 324 g/mol. The van der Waals surface area contributed by atoms with Gasteiger partial charge in [0.15, 0.2) is 0 Å². The molecule has 1 aliphatic rings. The van der Waals surface area contributed by atoms with Crippen LogP contribution in [0.2, 0.25) is 5.02 Å². The number of carbonyl (C=O) groups excluding carboxylic acids is 1. The number of anilines is 1. The zero-order valence-corrected chi connectivity index (χ0v) is 14.4. The standard InChI is InChI=1S/C19H21ClN2O2/c1-22-9-10-24-18(13-22)15-3-2-4-17(12-15)21-19(23)11-14-5-7-16(20)8-6-14/h2-8,12,18H,9-11,13H2,1H3,(H,21,23). The molecule has 1 aliphatic heterocycles. The van der Waals surface area contributed by atoms with E-state index in [1.807, 2.05) is 36.4 Å². The Kier molecular flexibility index (Phi) is 5.51. The Hall–Kier alpha value is -1.88. The molecule has 0 aromatic heterocycles. The van der Waals surface area contributed by atoms with Crippen molar-refractivity contribution < 1.29 is 9.53 Å². The quantitative estimate of drug-likeness (QED) is 0.922. The highest BCUT2D eigenvalue weighted by Gasteiger charge is 2.19. The maximum Gasteiger partial charge on any atom is 0.228 e. The molecule has 1 N–H and O–H groups in total. The number of ether oxygens (including phenoxy) is 1. The first-order valence-electron chi connectivity index (χ1n) is 8.04. The number of rotatable bonds is 4. The summed E-state index contributed by atoms with van der Waals surface area (Å²) in [4.78, 5) is 14.5. The lowest BCUT2D eigenvalue weighted by molar-refractivity contribution is -0.115. The number of nitrogens with zero attached hydrogens (tertiary/aromatic N) is 1. The van der Waals surface area contributed by atoms with E-state index in [1.165, 1.54) is 0 Å². The van der Waals surface area contributed by atoms with Crippen LogP contribution in [0.5, 0.6) is 0 Å². The van der Waals surface area contributed by atoms with Crippen LogP contribution in [-0.4, -0.2) is 37.6 Å². The summed E-state index contributed by atoms with van der Waals surface area (Å²) < 4.78 is 5.83. The minimum atomic E-state index is -0.0452. The van der Waals surface area contributed by atoms with Crippen molar-refractivity contribution in [3.05, 3.63) is 64.7 Å². The van der Waals surface area contributed by atoms with Gasteiger partial charge >= 0.3 is 0 Å². The highest BCUT2D eigenvalue weighted by Crippen LogP contribution is 2.24. The third-order valence-corrected chi connectivity index (χ3v) is 4.34. The molecule has 1 atom stereocenters. The fourth-order valence-corrected chi connectivity index (χ4v) is 2.92. The minimum absolute atomic E-state index is 0.0452. The van der Waals surface area contributed by atoms with Crippen LogP contribution in [0.3, 0.4) is 0 Å². The highest BCUT2D eigenvalue weighted by molar-refractivity contribution is 6.30. The zero-order chi connectivity index (χ0) is 16.9. The van der Waals surface area contributed by atoms with Gasteiger partial charge in [0.05, 0.1) is 19.1 Å². The molecule has 0 saturated carbocycles. The second kappa shape index (κ2) is 7.79. The average molecular weight is 345 g/mol. The smallest absolute Gasteiger partial charge is 0.228 e. The molecule has 1 unspecified atom stereocenters. The number of nitrogens with one attached hydrogen (secondary N) is 1. The summed E-state index contributed by atoms with van der Waals surface area (Å²) in [6.45, 7) is 2.55. The van der Waals surface area contributed by atoms with Gasteiger partial charge in [0.1, 0.15) is 0 Å². The fraction of sp³-hybridized carbons (Fsp3) is 0.316. The Morgan fingerprint density at radius 1 is 1.29 bits per heavy atom. The largest absolute Gasteiger partial charge is 0.371 e. The molecule has 1 fully saturated rings. The van der Waals surface area contributed by atoms with Crippen molar-refractivity contribution in [3.8, 4) is 0 Å². The molecule has 2 aromatic rings. The monoisotopic (exact) mass is 344 g/mol. The van der Waals surface area contributed by atoms with Crippen LogP contribution in [0.1, 0.15) is 17.2 Å². The summed E-state index contributed by atoms with van der Waals surface area (Å²) in [5.41, 5.74) is 2.82. The minimum Gasteiger partial charge on any atom is -0.371 e. The first-order chi connectivity index (χ1) is 11.6. The molecule has 4 nitrogen and oxygen atoms in total. The van der Waals surface area contributed by atoms with Gasteiger partial charge in [-0.2, -0.15) is 0 Å². The molecule has 0 spiro atoms. The zero-order valence-electron chi connectivity index (χ0n) is 13.7. The predicted octanol–water partition coefficient (Wildman–Crippen LogP) is 3.52. The normalized spacial score (nSPS) is 18.3. The topological polar surface area (TPSA) is 41.6 Å². The van der Waals surface area contributed by atoms with E-state index in [-0.39, 0.29) is 12.0 Å². The SMILES string of the molecule is CN1CCOC(c2cccc(NC(=O)Cc3ccc(Cl)cc3)c2)C1. The van der Waals surface area contributed by atoms with E-state index in [2.05, 4.69) is 17.3 Å². The summed E-state index contributed by atoms with van der Waals surface area (Å²) in [6, 6.07) is 15.2. The first kappa shape index (κ1) is 17.0. The van der Waals surface area contributed by atoms with Crippen molar-refractivity contribution in [1.82, 2.24) is 4.90 Å². The third kappa shape index (κ3) is 4.57. The van der Waals surface area contributed by atoms with Crippen molar-refractivity contribution in [2.75, 3.05) is 32.1 Å². The van der Waals surface area contributed by atoms with E-state index in [9.17, 15) is 4.79 Å². The average Bonchev–Trinajstić information content (AvgIpc) is 2.57. The van der Waals surface area contributed by atoms with Crippen LogP contribution in [0.4, 0.5) is 5.69 Å². The second-order valence-electron chi connectivity index (χ2n) is 6.10. The Morgan fingerprint density at radius 2 is 2.08 bits per heavy atom. The number of hydrogen-bond acceptors (Lipinski definition) is 3. The Balaban J connectivity index is 1.63. The molecule has 5 heteroatoms. The Bertz CT molecular complexity index is 703. The van der Waals surface area contributed by atoms with Crippen molar-refractivity contribution >= 4 is 23.2 Å². The number of likely N-dealkylation sites (N-methyl/N-ethyl adjacent to an activating group) is 1. The van der Waals surface area contributed by atoms with Crippen molar-refractivity contribution in [2.24, 2.45) is 0 Å². The lowest BCUT2D eigenvalue weighted by atomic mass is 10.1. The van der Waals surface area contributed by atoms with Gasteiger partial charge in [-0.3, -0.25) is 4.79 Å². The molecule has 2 aromatic carbocycles. The van der Waals surface area contributed by atoms with E-state index < -0.39 is 0 Å². The molecule has 0 radical (unpaired) electrons. The van der Waals surface area contributed by atoms with Crippen LogP contribution < -0.4 is 5.32 Å². The summed E-state index contributed by atoms with van der Waals surface area (Å²) in [5.74, 6) is -0.0452. The first-order valence-corrected chi connectivity index (χ1v) is 8.42. The Morgan fingerprint density at radius 3 is 2.83 bits per heavy atom. The van der Waals surface area contributed by atoms with Gasteiger partial charge in [-0.25, -0.2) is 0 Å². The number of halogens is 1. The number of amides is 1. The van der Waals surface area contributed by atoms with Gasteiger partial charge in [0, 0.05) is 23.8 Å². The highest BCUT2D eigenvalue weighted by atomic mass is 35.5. The summed E-state index contributed by atoms with van der Waals surface area (Å²) in [6.07, 6.45) is 0.376. The van der Waals surface area contributed by atoms with E-state index in [4.69, 9.17) is 16.3 Å². The molecule has 0 aliphatic carbocycles. The number of benzene rings is 2. The summed E-state index contributed by atoms with van der Waals surface area (Å²) in [7, 11) is 2.09. The molecule has 1 amide bonds. The molecule has 1 saturated heterocycles. The second-order valence-corrected chi connectivity index (χ2v) is 6.53. The third-order valence-electron chi connectivity index (χ3n) is 4.09. The van der Waals surface area contributed by atoms with Crippen LogP contribution in [0.25, 0.3) is 0 Å². The van der Waals surface area contributed by atoms with Crippen molar-refractivity contribution in [3.63, 3.8) is 0 Å². The van der Waals surface area contributed by atoms with Gasteiger partial charge in [0.2, 0.25) is 5.91 Å². The number of morpholine rings is 1. The summed E-state index contributed by atoms with van der Waals surface area (Å²) in [5, 5.41) is 3.63. The predicted molar refractivity (Wildman–Crippen MR) is 96.4 cm³/mol. The van der Waals surface area contributed by atoms with Crippen molar-refractivity contribution in [1.29, 1.82) is 0 Å². The molecule has 3 rings (SSSR count). The Labute approximate surface area is 147 Å². The summed E-state index contributed by atoms with van der Waals surface area (Å²) >= 11 is 5.86. The lowest BCUT2D eigenvalue weighted by Crippen LogP contribution is -2.35. The van der Waals surface area contributed by atoms with Crippen LogP contribution in [-0.2, 0) is 16.0 Å². The van der Waals surface area contributed by atoms with Crippen LogP contribution >= 0.6 is 11.6 Å². The molecular formula is C19H21ClN2O2. The van der Waals surface area contributed by atoms with Crippen LogP contribution in [0, 0.1) is 0 Å². The molecule has 126 valence electrons. The van der Waals surface area contributed by atoms with E-state index in [0.717, 1.165) is 36.5 Å². The van der Waals surface area contributed by atoms with Gasteiger partial charge in [0.25, 0.3) is 0 Å². The molecule has 0 bridgehead atoms. The molecule has 24 heavy (non-hydrogen) atoms. The fourth-order valence-electron chi connectivity index (χ4n) is 2.79. The van der Waals surface area contributed by atoms with Crippen molar-refractivity contribution in [2.45, 2.75) is 12.5 Å².